The summed E-state index contributed by atoms with van der Waals surface area (Å²) in [6.07, 6.45) is 1.07. The molecule has 1 aliphatic rings. The molecule has 1 atom stereocenters. The molecule has 1 unspecified atom stereocenters. The molecule has 1 aromatic heterocycles. The maximum atomic E-state index is 12.3. The highest BCUT2D eigenvalue weighted by Gasteiger charge is 2.20. The summed E-state index contributed by atoms with van der Waals surface area (Å²) in [4.78, 5) is 12.3. The molecular weight excluding hydrogens is 328 g/mol. The summed E-state index contributed by atoms with van der Waals surface area (Å²) in [6, 6.07) is 15.6. The first-order valence-electron chi connectivity index (χ1n) is 8.69. The maximum absolute atomic E-state index is 12.3. The Hall–Kier alpha value is -3.08. The number of hydrogen-bond acceptors (Lipinski definition) is 4. The first-order valence-corrected chi connectivity index (χ1v) is 8.69. The Balaban J connectivity index is 1.45. The first-order chi connectivity index (χ1) is 12.6. The topological polar surface area (TPSA) is 64.4 Å². The lowest BCUT2D eigenvalue weighted by Crippen LogP contribution is -2.22. The molecule has 3 aromatic rings. The average Bonchev–Trinajstić information content (AvgIpc) is 3.26. The Morgan fingerprint density at radius 2 is 2.00 bits per heavy atom. The minimum atomic E-state index is -0.251. The number of fused-ring (bicyclic) bond motifs is 1. The van der Waals surface area contributed by atoms with E-state index in [1.165, 1.54) is 5.56 Å². The van der Waals surface area contributed by atoms with Gasteiger partial charge in [0.05, 0.1) is 0 Å². The zero-order chi connectivity index (χ0) is 18.1. The number of nitrogens with one attached hydrogen (secondary N) is 1. The van der Waals surface area contributed by atoms with Gasteiger partial charge in [-0.2, -0.15) is 0 Å². The van der Waals surface area contributed by atoms with Crippen molar-refractivity contribution in [3.05, 3.63) is 70.9 Å². The smallest absolute Gasteiger partial charge is 0.273 e. The molecule has 0 radical (unpaired) electrons. The van der Waals surface area contributed by atoms with Crippen LogP contribution >= 0.6 is 0 Å². The number of hydrogen-bond donors (Lipinski definition) is 1. The molecule has 0 spiro atoms. The molecule has 26 heavy (non-hydrogen) atoms. The van der Waals surface area contributed by atoms with E-state index in [2.05, 4.69) is 10.5 Å². The van der Waals surface area contributed by atoms with E-state index in [4.69, 9.17) is 9.26 Å². The van der Waals surface area contributed by atoms with Gasteiger partial charge in [-0.3, -0.25) is 4.79 Å². The minimum Gasteiger partial charge on any atom is -0.490 e. The lowest BCUT2D eigenvalue weighted by Gasteiger charge is -2.03. The van der Waals surface area contributed by atoms with Crippen molar-refractivity contribution in [1.82, 2.24) is 10.5 Å². The number of carbonyl (C=O) groups excluding carboxylic acids is 1. The van der Waals surface area contributed by atoms with Crippen LogP contribution in [0.4, 0.5) is 0 Å². The molecule has 0 saturated heterocycles. The van der Waals surface area contributed by atoms with Crippen LogP contribution in [0.1, 0.15) is 34.1 Å². The summed E-state index contributed by atoms with van der Waals surface area (Å²) in [7, 11) is 0. The molecule has 5 heteroatoms. The zero-order valence-electron chi connectivity index (χ0n) is 14.8. The van der Waals surface area contributed by atoms with Gasteiger partial charge in [0, 0.05) is 24.6 Å². The fourth-order valence-electron chi connectivity index (χ4n) is 3.07. The van der Waals surface area contributed by atoms with Gasteiger partial charge in [0.15, 0.2) is 11.5 Å². The van der Waals surface area contributed by atoms with Crippen LogP contribution in [0.25, 0.3) is 11.3 Å². The molecule has 1 N–H and O–H groups in total. The molecule has 2 aromatic carbocycles. The zero-order valence-corrected chi connectivity index (χ0v) is 14.8. The van der Waals surface area contributed by atoms with Crippen molar-refractivity contribution < 1.29 is 14.1 Å². The summed E-state index contributed by atoms with van der Waals surface area (Å²) in [5.41, 5.74) is 4.55. The van der Waals surface area contributed by atoms with Gasteiger partial charge in [-0.05, 0) is 43.2 Å². The SMILES string of the molecule is Cc1ccc(CNC(=O)c2cc(-c3ccc4c(c3)CC(C)O4)on2)cc1. The fourth-order valence-corrected chi connectivity index (χ4v) is 3.07. The van der Waals surface area contributed by atoms with E-state index < -0.39 is 0 Å². The maximum Gasteiger partial charge on any atom is 0.273 e. The third-order valence-electron chi connectivity index (χ3n) is 4.50. The number of benzene rings is 2. The van der Waals surface area contributed by atoms with E-state index in [-0.39, 0.29) is 17.7 Å². The Morgan fingerprint density at radius 1 is 1.19 bits per heavy atom. The van der Waals surface area contributed by atoms with Gasteiger partial charge in [0.1, 0.15) is 11.9 Å². The summed E-state index contributed by atoms with van der Waals surface area (Å²) in [6.45, 7) is 4.53. The van der Waals surface area contributed by atoms with E-state index in [0.29, 0.717) is 12.3 Å². The van der Waals surface area contributed by atoms with E-state index in [1.807, 2.05) is 56.3 Å². The van der Waals surface area contributed by atoms with Gasteiger partial charge in [-0.1, -0.05) is 35.0 Å². The second-order valence-corrected chi connectivity index (χ2v) is 6.70. The largest absolute Gasteiger partial charge is 0.490 e. The Bertz CT molecular complexity index is 944. The van der Waals surface area contributed by atoms with Crippen LogP contribution < -0.4 is 10.1 Å². The predicted octanol–water partition coefficient (Wildman–Crippen LogP) is 3.90. The molecular formula is C21H20N2O3. The minimum absolute atomic E-state index is 0.193. The van der Waals surface area contributed by atoms with E-state index >= 15 is 0 Å². The van der Waals surface area contributed by atoms with Gasteiger partial charge in [-0.25, -0.2) is 0 Å². The van der Waals surface area contributed by atoms with Crippen molar-refractivity contribution in [3.8, 4) is 17.1 Å². The summed E-state index contributed by atoms with van der Waals surface area (Å²) < 4.78 is 11.1. The van der Waals surface area contributed by atoms with Gasteiger partial charge >= 0.3 is 0 Å². The van der Waals surface area contributed by atoms with Crippen molar-refractivity contribution in [3.63, 3.8) is 0 Å². The third kappa shape index (κ3) is 3.33. The average molecular weight is 348 g/mol. The highest BCUT2D eigenvalue weighted by atomic mass is 16.5. The Morgan fingerprint density at radius 3 is 2.81 bits per heavy atom. The standard InChI is InChI=1S/C21H20N2O3/c1-13-3-5-15(6-4-13)12-22-21(24)18-11-20(26-23-18)16-7-8-19-17(10-16)9-14(2)25-19/h3-8,10-11,14H,9,12H2,1-2H3,(H,22,24). The number of carbonyl (C=O) groups is 1. The molecule has 0 fully saturated rings. The van der Waals surface area contributed by atoms with Crippen molar-refractivity contribution in [2.24, 2.45) is 0 Å². The predicted molar refractivity (Wildman–Crippen MR) is 98.1 cm³/mol. The van der Waals surface area contributed by atoms with Crippen LogP contribution in [-0.4, -0.2) is 17.2 Å². The molecule has 132 valence electrons. The summed E-state index contributed by atoms with van der Waals surface area (Å²) in [5.74, 6) is 1.24. The summed E-state index contributed by atoms with van der Waals surface area (Å²) in [5, 5.41) is 6.77. The molecule has 0 saturated carbocycles. The molecule has 2 heterocycles. The van der Waals surface area contributed by atoms with Crippen LogP contribution in [-0.2, 0) is 13.0 Å². The molecule has 0 bridgehead atoms. The number of nitrogens with zero attached hydrogens (tertiary/aromatic N) is 1. The van der Waals surface area contributed by atoms with Gasteiger partial charge in [-0.15, -0.1) is 0 Å². The first kappa shape index (κ1) is 16.4. The third-order valence-corrected chi connectivity index (χ3v) is 4.50. The van der Waals surface area contributed by atoms with Crippen molar-refractivity contribution in [2.45, 2.75) is 32.9 Å². The molecule has 0 aliphatic carbocycles. The van der Waals surface area contributed by atoms with Crippen LogP contribution in [0.5, 0.6) is 5.75 Å². The van der Waals surface area contributed by atoms with Crippen LogP contribution in [0.15, 0.2) is 53.1 Å². The van der Waals surface area contributed by atoms with E-state index in [9.17, 15) is 4.79 Å². The van der Waals surface area contributed by atoms with Crippen molar-refractivity contribution >= 4 is 5.91 Å². The van der Waals surface area contributed by atoms with Gasteiger partial charge < -0.3 is 14.6 Å². The molecule has 1 amide bonds. The second kappa shape index (κ2) is 6.67. The highest BCUT2D eigenvalue weighted by molar-refractivity contribution is 5.93. The number of rotatable bonds is 4. The number of aryl methyl sites for hydroxylation is 1. The number of aromatic nitrogens is 1. The fraction of sp³-hybridized carbons (Fsp3) is 0.238. The highest BCUT2D eigenvalue weighted by Crippen LogP contribution is 2.33. The van der Waals surface area contributed by atoms with E-state index in [1.54, 1.807) is 6.07 Å². The van der Waals surface area contributed by atoms with Gasteiger partial charge in [0.25, 0.3) is 5.91 Å². The second-order valence-electron chi connectivity index (χ2n) is 6.70. The molecule has 1 aliphatic heterocycles. The lowest BCUT2D eigenvalue weighted by molar-refractivity contribution is 0.0942. The molecule has 4 rings (SSSR count). The van der Waals surface area contributed by atoms with Gasteiger partial charge in [0.2, 0.25) is 0 Å². The van der Waals surface area contributed by atoms with Crippen molar-refractivity contribution in [1.29, 1.82) is 0 Å². The summed E-state index contributed by atoms with van der Waals surface area (Å²) >= 11 is 0. The Kier molecular flexibility index (Phi) is 4.21. The van der Waals surface area contributed by atoms with Crippen LogP contribution in [0.2, 0.25) is 0 Å². The monoisotopic (exact) mass is 348 g/mol. The molecule has 5 nitrogen and oxygen atoms in total. The van der Waals surface area contributed by atoms with Crippen LogP contribution in [0, 0.1) is 6.92 Å². The van der Waals surface area contributed by atoms with Crippen molar-refractivity contribution in [2.75, 3.05) is 0 Å². The Labute approximate surface area is 152 Å². The number of amides is 1. The van der Waals surface area contributed by atoms with E-state index in [0.717, 1.165) is 28.9 Å². The number of ether oxygens (including phenoxy) is 1. The normalized spacial score (nSPS) is 15.4. The van der Waals surface area contributed by atoms with Crippen LogP contribution in [0.3, 0.4) is 0 Å². The quantitative estimate of drug-likeness (QED) is 0.776. The lowest BCUT2D eigenvalue weighted by atomic mass is 10.1.